The number of carbonyl (C=O) groups is 6. The lowest BCUT2D eigenvalue weighted by molar-refractivity contribution is -0.124. The maximum absolute atomic E-state index is 12.0. The third kappa shape index (κ3) is 22.3. The van der Waals surface area contributed by atoms with Crippen molar-refractivity contribution in [2.45, 2.75) is 39.5 Å². The minimum atomic E-state index is -0.184. The van der Waals surface area contributed by atoms with Crippen LogP contribution >= 0.6 is 58.8 Å². The first-order valence-corrected chi connectivity index (χ1v) is 34.9. The molecule has 5 saturated heterocycles. The Morgan fingerprint density at radius 1 is 0.447 bits per heavy atom. The van der Waals surface area contributed by atoms with Gasteiger partial charge in [0.05, 0.1) is 37.1 Å². The van der Waals surface area contributed by atoms with Crippen molar-refractivity contribution in [1.82, 2.24) is 24.5 Å². The van der Waals surface area contributed by atoms with Crippen molar-refractivity contribution in [3.05, 3.63) is 218 Å². The summed E-state index contributed by atoms with van der Waals surface area (Å²) in [6, 6.07) is 26.9. The summed E-state index contributed by atoms with van der Waals surface area (Å²) in [6.07, 6.45) is 13.2. The molecule has 94 heavy (non-hydrogen) atoms. The van der Waals surface area contributed by atoms with Crippen LogP contribution in [0.5, 0.6) is 0 Å². The highest BCUT2D eigenvalue weighted by molar-refractivity contribution is 8.15. The van der Waals surface area contributed by atoms with Crippen LogP contribution in [0.4, 0.5) is 0 Å². The summed E-state index contributed by atoms with van der Waals surface area (Å²) in [5.74, 6) is 4.91. The van der Waals surface area contributed by atoms with E-state index in [0.29, 0.717) is 52.8 Å². The van der Waals surface area contributed by atoms with Gasteiger partial charge in [-0.05, 0) is 92.4 Å². The predicted molar refractivity (Wildman–Crippen MR) is 381 cm³/mol. The Morgan fingerprint density at radius 3 is 1.18 bits per heavy atom. The molecule has 494 valence electrons. The molecule has 0 atom stereocenters. The molecule has 6 aromatic rings. The quantitative estimate of drug-likeness (QED) is 0.0382. The Balaban J connectivity index is 0.000000167. The zero-order chi connectivity index (χ0) is 67.2. The first-order valence-electron chi connectivity index (χ1n) is 30.0. The van der Waals surface area contributed by atoms with Crippen molar-refractivity contribution >= 4 is 119 Å². The Kier molecular flexibility index (Phi) is 29.9. The van der Waals surface area contributed by atoms with Crippen molar-refractivity contribution < 1.29 is 50.9 Å². The van der Waals surface area contributed by atoms with E-state index in [2.05, 4.69) is 81.8 Å². The predicted octanol–water partition coefficient (Wildman–Crippen LogP) is 13.2. The Hall–Kier alpha value is -8.56. The van der Waals surface area contributed by atoms with Gasteiger partial charge in [-0.3, -0.25) is 58.6 Å². The molecule has 5 aliphatic heterocycles. The first-order chi connectivity index (χ1) is 45.6. The maximum atomic E-state index is 12.0. The van der Waals surface area contributed by atoms with Crippen molar-refractivity contribution in [3.63, 3.8) is 0 Å². The van der Waals surface area contributed by atoms with E-state index in [4.69, 9.17) is 22.1 Å². The Morgan fingerprint density at radius 2 is 0.798 bits per heavy atom. The molecule has 21 nitrogen and oxygen atoms in total. The molecular formula is C68H76N10O11S5. The van der Waals surface area contributed by atoms with Crippen LogP contribution in [0.15, 0.2) is 231 Å². The number of amidine groups is 5. The van der Waals surface area contributed by atoms with E-state index in [1.807, 2.05) is 46.9 Å². The summed E-state index contributed by atoms with van der Waals surface area (Å²) >= 11 is 7.82. The number of ketones is 5. The molecule has 10 heterocycles. The number of rotatable bonds is 25. The fourth-order valence-electron chi connectivity index (χ4n) is 8.70. The van der Waals surface area contributed by atoms with Crippen molar-refractivity contribution in [1.29, 1.82) is 0 Å². The second-order valence-electron chi connectivity index (χ2n) is 20.5. The van der Waals surface area contributed by atoms with E-state index in [-0.39, 0.29) is 67.5 Å². The van der Waals surface area contributed by atoms with Crippen LogP contribution in [-0.4, -0.2) is 180 Å². The number of aliphatic imine (C=N–C) groups is 5. The lowest BCUT2D eigenvalue weighted by Gasteiger charge is -2.18. The molecule has 0 saturated carbocycles. The minimum absolute atomic E-state index is 0.00167. The number of furan rings is 5. The van der Waals surface area contributed by atoms with Crippen molar-refractivity contribution in [2.24, 2.45) is 25.0 Å². The normalized spacial score (nSPS) is 17.4. The maximum Gasteiger partial charge on any atom is 0.239 e. The van der Waals surface area contributed by atoms with Crippen LogP contribution < -0.4 is 0 Å². The summed E-state index contributed by atoms with van der Waals surface area (Å²) in [5, 5.41) is 4.06. The molecule has 0 unspecified atom stereocenters. The Bertz CT molecular complexity index is 3690. The van der Waals surface area contributed by atoms with Gasteiger partial charge < -0.3 is 41.7 Å². The molecule has 0 N–H and O–H groups in total. The highest BCUT2D eigenvalue weighted by Crippen LogP contribution is 2.29. The highest BCUT2D eigenvalue weighted by atomic mass is 32.2. The average molecular weight is 1370 g/mol. The summed E-state index contributed by atoms with van der Waals surface area (Å²) in [5.41, 5.74) is 5.37. The number of carbonyl (C=O) groups excluding carboxylic acids is 6. The largest absolute Gasteiger partial charge is 0.461 e. The highest BCUT2D eigenvalue weighted by Gasteiger charge is 2.29. The van der Waals surface area contributed by atoms with Gasteiger partial charge in [-0.25, -0.2) is 0 Å². The molecule has 0 radical (unpaired) electrons. The van der Waals surface area contributed by atoms with Gasteiger partial charge in [0.2, 0.25) is 34.8 Å². The van der Waals surface area contributed by atoms with E-state index < -0.39 is 0 Å². The molecule has 5 aliphatic rings. The van der Waals surface area contributed by atoms with E-state index in [1.165, 1.54) is 48.6 Å². The van der Waals surface area contributed by atoms with Gasteiger partial charge in [-0.15, -0.1) is 6.58 Å². The topological polar surface area (TPSA) is 246 Å². The average Bonchev–Trinajstić information content (AvgIpc) is 1.90. The molecule has 5 fully saturated rings. The van der Waals surface area contributed by atoms with Gasteiger partial charge in [0.25, 0.3) is 0 Å². The second-order valence-corrected chi connectivity index (χ2v) is 25.3. The van der Waals surface area contributed by atoms with Crippen molar-refractivity contribution in [2.75, 3.05) is 94.7 Å². The standard InChI is InChI=1S/C18H18N2O3S.C14H18N2O2S.C13H14N2O2S.C12H14N2O2S.C11H12N2O2S/c21-15(16-9-5-11-23-16)12-19-18-20(17(22)13-24-18)10-4-8-14-6-2-1-3-7-14;1-3-4-7-16-11(2)10-19-14(16)15-9-12(17)13-6-5-8-18-13;1-3-6-15-10(2)9-18-13(15)14-8-11(16)12-5-4-7-17-12;1-3-14-9(2)8-17-12(14)13-7-10(15)11-5-4-6-16-11;1-8-7-16-11(13(8)2)12-6-9(14)10-4-3-5-15-10/h1-3,5-7,9,11H,4,8,10,12-13H2;5-6,8H,2-4,7,9-10H2,1H3;3-5,7H,1-2,6,8-9H2;4-6H,2-3,7-8H2,1H3;3-5H,1,6-7H2,2H3. The molecule has 0 aliphatic carbocycles. The summed E-state index contributed by atoms with van der Waals surface area (Å²) < 4.78 is 25.2. The van der Waals surface area contributed by atoms with Gasteiger partial charge in [0.15, 0.2) is 54.6 Å². The molecular weight excluding hydrogens is 1290 g/mol. The fourth-order valence-corrected chi connectivity index (χ4v) is 13.6. The second kappa shape index (κ2) is 38.6. The Labute approximate surface area is 568 Å². The van der Waals surface area contributed by atoms with Crippen LogP contribution in [0, 0.1) is 0 Å². The monoisotopic (exact) mass is 1370 g/mol. The summed E-state index contributed by atoms with van der Waals surface area (Å²) in [7, 11) is 1.90. The molecule has 11 rings (SSSR count). The van der Waals surface area contributed by atoms with Crippen molar-refractivity contribution in [3.8, 4) is 0 Å². The van der Waals surface area contributed by atoms with E-state index in [9.17, 15) is 28.8 Å². The lowest BCUT2D eigenvalue weighted by atomic mass is 10.1. The van der Waals surface area contributed by atoms with Crippen LogP contribution in [0.2, 0.25) is 0 Å². The van der Waals surface area contributed by atoms with Gasteiger partial charge in [0, 0.05) is 79.0 Å². The van der Waals surface area contributed by atoms with Crippen LogP contribution in [0.3, 0.4) is 0 Å². The summed E-state index contributed by atoms with van der Waals surface area (Å²) in [6.45, 7) is 27.2. The number of amides is 1. The third-order valence-electron chi connectivity index (χ3n) is 13.8. The molecule has 5 aromatic heterocycles. The number of nitrogens with zero attached hydrogens (tertiary/aromatic N) is 10. The van der Waals surface area contributed by atoms with Gasteiger partial charge in [0.1, 0.15) is 32.7 Å². The number of Topliss-reactive ketones (excluding diaryl/α,β-unsaturated/α-hetero) is 5. The lowest BCUT2D eigenvalue weighted by Crippen LogP contribution is -2.31. The zero-order valence-electron chi connectivity index (χ0n) is 52.9. The van der Waals surface area contributed by atoms with Gasteiger partial charge in [-0.2, -0.15) is 0 Å². The number of benzene rings is 1. The third-order valence-corrected chi connectivity index (χ3v) is 19.1. The van der Waals surface area contributed by atoms with E-state index in [0.717, 1.165) is 105 Å². The van der Waals surface area contributed by atoms with Crippen LogP contribution in [0.1, 0.15) is 91.4 Å². The number of hydrogen-bond donors (Lipinski definition) is 0. The molecule has 0 bridgehead atoms. The van der Waals surface area contributed by atoms with E-state index >= 15 is 0 Å². The molecule has 26 heteroatoms. The number of thioether (sulfide) groups is 5. The minimum Gasteiger partial charge on any atom is -0.461 e. The molecule has 1 aromatic carbocycles. The SMILES string of the molecule is C=C1CSC(=NCC(=O)c2ccco2)N1C.C=C1CSC(=NCC(=O)c2ccco2)N1CC.C=C1CSC(=NCC(=O)c2ccco2)N1CCCC.C=CCN1C(=C)CSC1=NCC(=O)c1ccco1.O=C(CN=C1SCC(=O)N1CCCc1ccccc1)c1ccco1. The fraction of sp³-hybridized carbons (Fsp3) is 0.309. The van der Waals surface area contributed by atoms with Crippen LogP contribution in [-0.2, 0) is 11.2 Å². The smallest absolute Gasteiger partial charge is 0.239 e. The number of hydrogen-bond acceptors (Lipinski definition) is 21. The molecule has 0 spiro atoms. The first kappa shape index (κ1) is 72.9. The molecule has 1 amide bonds. The summed E-state index contributed by atoms with van der Waals surface area (Å²) in [4.78, 5) is 102. The van der Waals surface area contributed by atoms with Crippen LogP contribution in [0.25, 0.3) is 0 Å². The van der Waals surface area contributed by atoms with Gasteiger partial charge in [-0.1, -0.05) is 135 Å². The number of unbranched alkanes of at least 4 members (excludes halogenated alkanes) is 1. The van der Waals surface area contributed by atoms with Gasteiger partial charge >= 0.3 is 0 Å². The zero-order valence-corrected chi connectivity index (χ0v) is 57.0. The number of aryl methyl sites for hydroxylation is 1. The van der Waals surface area contributed by atoms with E-state index in [1.54, 1.807) is 119 Å².